The molecule has 166 valence electrons. The highest BCUT2D eigenvalue weighted by Crippen LogP contribution is 2.40. The van der Waals surface area contributed by atoms with Gasteiger partial charge in [-0.05, 0) is 38.5 Å². The van der Waals surface area contributed by atoms with Gasteiger partial charge in [0.15, 0.2) is 11.4 Å². The zero-order valence-electron chi connectivity index (χ0n) is 16.7. The average molecular weight is 430 g/mol. The summed E-state index contributed by atoms with van der Waals surface area (Å²) in [4.78, 5) is 29.8. The van der Waals surface area contributed by atoms with Gasteiger partial charge >= 0.3 is 12.1 Å². The number of methoxy groups -OCH3 is 1. The smallest absolute Gasteiger partial charge is 0.391 e. The number of amides is 1. The van der Waals surface area contributed by atoms with Crippen molar-refractivity contribution in [2.24, 2.45) is 11.8 Å². The lowest BCUT2D eigenvalue weighted by atomic mass is 9.81. The molecule has 1 saturated carbocycles. The number of aromatic nitrogens is 1. The lowest BCUT2D eigenvalue weighted by Gasteiger charge is -2.33. The maximum atomic E-state index is 12.9. The van der Waals surface area contributed by atoms with Crippen LogP contribution in [0, 0.1) is 11.8 Å². The molecule has 0 spiro atoms. The van der Waals surface area contributed by atoms with Crippen LogP contribution in [0.15, 0.2) is 12.3 Å². The SMILES string of the molecule is COc1cnc(C(=O)O)c(OC[C@H]2CCCN2C(=O)C2CCC(C(F)(F)F)CC2)c1. The van der Waals surface area contributed by atoms with E-state index >= 15 is 0 Å². The Kier molecular flexibility index (Phi) is 6.72. The van der Waals surface area contributed by atoms with Crippen LogP contribution >= 0.6 is 0 Å². The third-order valence-electron chi connectivity index (χ3n) is 5.90. The Bertz CT molecular complexity index is 778. The van der Waals surface area contributed by atoms with Crippen molar-refractivity contribution < 1.29 is 37.3 Å². The Hall–Kier alpha value is -2.52. The largest absolute Gasteiger partial charge is 0.495 e. The van der Waals surface area contributed by atoms with Gasteiger partial charge < -0.3 is 19.5 Å². The number of rotatable bonds is 6. The highest BCUT2D eigenvalue weighted by molar-refractivity contribution is 5.88. The van der Waals surface area contributed by atoms with Crippen molar-refractivity contribution in [3.8, 4) is 11.5 Å². The molecule has 0 unspecified atom stereocenters. The van der Waals surface area contributed by atoms with E-state index in [1.54, 1.807) is 4.90 Å². The van der Waals surface area contributed by atoms with Gasteiger partial charge in [-0.15, -0.1) is 0 Å². The van der Waals surface area contributed by atoms with Gasteiger partial charge in [0, 0.05) is 18.5 Å². The van der Waals surface area contributed by atoms with Gasteiger partial charge in [-0.25, -0.2) is 9.78 Å². The fourth-order valence-electron chi connectivity index (χ4n) is 4.20. The Morgan fingerprint density at radius 1 is 1.23 bits per heavy atom. The summed E-state index contributed by atoms with van der Waals surface area (Å²) in [5, 5.41) is 9.28. The maximum absolute atomic E-state index is 12.9. The number of carboxylic acids is 1. The summed E-state index contributed by atoms with van der Waals surface area (Å²) in [6, 6.07) is 1.17. The molecule has 30 heavy (non-hydrogen) atoms. The lowest BCUT2D eigenvalue weighted by Crippen LogP contribution is -2.44. The fourth-order valence-corrected chi connectivity index (χ4v) is 4.20. The van der Waals surface area contributed by atoms with Crippen LogP contribution in [-0.4, -0.2) is 59.3 Å². The van der Waals surface area contributed by atoms with Crippen LogP contribution < -0.4 is 9.47 Å². The van der Waals surface area contributed by atoms with Crippen molar-refractivity contribution in [3.05, 3.63) is 18.0 Å². The van der Waals surface area contributed by atoms with Gasteiger partial charge in [0.25, 0.3) is 0 Å². The van der Waals surface area contributed by atoms with Crippen molar-refractivity contribution >= 4 is 11.9 Å². The van der Waals surface area contributed by atoms with Crippen molar-refractivity contribution in [3.63, 3.8) is 0 Å². The molecule has 1 atom stereocenters. The first-order chi connectivity index (χ1) is 14.2. The summed E-state index contributed by atoms with van der Waals surface area (Å²) >= 11 is 0. The number of pyridine rings is 1. The first-order valence-corrected chi connectivity index (χ1v) is 9.98. The van der Waals surface area contributed by atoms with E-state index in [0.717, 1.165) is 6.42 Å². The summed E-state index contributed by atoms with van der Waals surface area (Å²) in [5.41, 5.74) is -0.253. The summed E-state index contributed by atoms with van der Waals surface area (Å²) in [6.45, 7) is 0.604. The highest BCUT2D eigenvalue weighted by atomic mass is 19.4. The second kappa shape index (κ2) is 9.09. The van der Waals surface area contributed by atoms with Gasteiger partial charge in [0.05, 0.1) is 25.3 Å². The van der Waals surface area contributed by atoms with Crippen molar-refractivity contribution in [2.75, 3.05) is 20.3 Å². The van der Waals surface area contributed by atoms with Crippen LogP contribution in [0.4, 0.5) is 13.2 Å². The minimum absolute atomic E-state index is 0.0215. The van der Waals surface area contributed by atoms with E-state index in [1.165, 1.54) is 19.4 Å². The third-order valence-corrected chi connectivity index (χ3v) is 5.90. The Balaban J connectivity index is 1.62. The molecule has 10 heteroatoms. The monoisotopic (exact) mass is 430 g/mol. The Labute approximate surface area is 172 Å². The minimum Gasteiger partial charge on any atom is -0.495 e. The van der Waals surface area contributed by atoms with Crippen LogP contribution in [-0.2, 0) is 4.79 Å². The van der Waals surface area contributed by atoms with Crippen molar-refractivity contribution in [1.82, 2.24) is 9.88 Å². The third kappa shape index (κ3) is 4.96. The first kappa shape index (κ1) is 22.2. The molecular formula is C20H25F3N2O5. The molecular weight excluding hydrogens is 405 g/mol. The number of hydrogen-bond acceptors (Lipinski definition) is 5. The quantitative estimate of drug-likeness (QED) is 0.743. The van der Waals surface area contributed by atoms with E-state index in [2.05, 4.69) is 4.98 Å². The normalized spacial score (nSPS) is 24.5. The van der Waals surface area contributed by atoms with Crippen molar-refractivity contribution in [2.45, 2.75) is 50.7 Å². The van der Waals surface area contributed by atoms with E-state index in [0.29, 0.717) is 18.7 Å². The van der Waals surface area contributed by atoms with Crippen LogP contribution in [0.5, 0.6) is 11.5 Å². The minimum atomic E-state index is -4.20. The number of carboxylic acid groups (broad SMARTS) is 1. The van der Waals surface area contributed by atoms with Crippen molar-refractivity contribution in [1.29, 1.82) is 0 Å². The Morgan fingerprint density at radius 3 is 2.53 bits per heavy atom. The average Bonchev–Trinajstić information content (AvgIpc) is 3.19. The molecule has 3 rings (SSSR count). The maximum Gasteiger partial charge on any atom is 0.391 e. The summed E-state index contributed by atoms with van der Waals surface area (Å²) < 4.78 is 49.4. The molecule has 1 aliphatic carbocycles. The van der Waals surface area contributed by atoms with E-state index < -0.39 is 24.0 Å². The Morgan fingerprint density at radius 2 is 1.93 bits per heavy atom. The number of alkyl halides is 3. The standard InChI is InChI=1S/C20H25F3N2O5/c1-29-15-9-16(17(19(27)28)24-10-15)30-11-14-3-2-8-25(14)18(26)12-4-6-13(7-5-12)20(21,22)23/h9-10,12-14H,2-8,11H2,1H3,(H,27,28)/t12?,13?,14-/m1/s1. The first-order valence-electron chi connectivity index (χ1n) is 9.98. The fraction of sp³-hybridized carbons (Fsp3) is 0.650. The molecule has 2 fully saturated rings. The molecule has 0 aromatic carbocycles. The number of carbonyl (C=O) groups excluding carboxylic acids is 1. The summed E-state index contributed by atoms with van der Waals surface area (Å²) in [6.07, 6.45) is -1.06. The van der Waals surface area contributed by atoms with E-state index in [4.69, 9.17) is 9.47 Å². The van der Waals surface area contributed by atoms with Gasteiger partial charge in [-0.1, -0.05) is 0 Å². The number of carbonyl (C=O) groups is 2. The van der Waals surface area contributed by atoms with Crippen LogP contribution in [0.3, 0.4) is 0 Å². The van der Waals surface area contributed by atoms with Crippen LogP contribution in [0.2, 0.25) is 0 Å². The van der Waals surface area contributed by atoms with E-state index in [1.807, 2.05) is 0 Å². The van der Waals surface area contributed by atoms with Gasteiger partial charge in [0.2, 0.25) is 5.91 Å². The molecule has 1 aromatic heterocycles. The molecule has 1 amide bonds. The molecule has 0 bridgehead atoms. The van der Waals surface area contributed by atoms with Crippen LogP contribution in [0.25, 0.3) is 0 Å². The number of aromatic carboxylic acids is 1. The highest BCUT2D eigenvalue weighted by Gasteiger charge is 2.44. The molecule has 1 N–H and O–H groups in total. The zero-order chi connectivity index (χ0) is 21.9. The lowest BCUT2D eigenvalue weighted by molar-refractivity contribution is -0.185. The number of nitrogens with zero attached hydrogens (tertiary/aromatic N) is 2. The predicted molar refractivity (Wildman–Crippen MR) is 99.5 cm³/mol. The van der Waals surface area contributed by atoms with E-state index in [-0.39, 0.29) is 55.7 Å². The molecule has 1 aromatic rings. The summed E-state index contributed by atoms with van der Waals surface area (Å²) in [7, 11) is 1.42. The molecule has 2 aliphatic rings. The number of hydrogen-bond donors (Lipinski definition) is 1. The predicted octanol–water partition coefficient (Wildman–Crippen LogP) is 3.53. The molecule has 7 nitrogen and oxygen atoms in total. The second-order valence-corrected chi connectivity index (χ2v) is 7.76. The molecule has 2 heterocycles. The second-order valence-electron chi connectivity index (χ2n) is 7.76. The van der Waals surface area contributed by atoms with E-state index in [9.17, 15) is 27.9 Å². The summed E-state index contributed by atoms with van der Waals surface area (Å²) in [5.74, 6) is -2.72. The number of ether oxygens (including phenoxy) is 2. The molecule has 1 aliphatic heterocycles. The number of halogens is 3. The van der Waals surface area contributed by atoms with Gasteiger partial charge in [0.1, 0.15) is 12.4 Å². The number of likely N-dealkylation sites (tertiary alicyclic amines) is 1. The topological polar surface area (TPSA) is 89.0 Å². The molecule has 1 saturated heterocycles. The van der Waals surface area contributed by atoms with Gasteiger partial charge in [-0.2, -0.15) is 13.2 Å². The molecule has 0 radical (unpaired) electrons. The zero-order valence-corrected chi connectivity index (χ0v) is 16.7. The van der Waals surface area contributed by atoms with Crippen LogP contribution in [0.1, 0.15) is 49.0 Å². The van der Waals surface area contributed by atoms with Gasteiger partial charge in [-0.3, -0.25) is 4.79 Å².